The predicted molar refractivity (Wildman–Crippen MR) is 91.9 cm³/mol. The Morgan fingerprint density at radius 3 is 1.38 bits per heavy atom. The Morgan fingerprint density at radius 2 is 1.12 bits per heavy atom. The zero-order valence-corrected chi connectivity index (χ0v) is 15.1. The molecular formula is C14H22I2. The van der Waals surface area contributed by atoms with Crippen LogP contribution in [0.1, 0.15) is 48.9 Å². The number of aryl methyl sites for hydroxylation is 2. The summed E-state index contributed by atoms with van der Waals surface area (Å²) < 4.78 is 0. The van der Waals surface area contributed by atoms with Crippen molar-refractivity contribution in [3.05, 3.63) is 34.4 Å². The van der Waals surface area contributed by atoms with Gasteiger partial charge in [0.25, 0.3) is 0 Å². The highest BCUT2D eigenvalue weighted by molar-refractivity contribution is 15.0. The van der Waals surface area contributed by atoms with E-state index in [0.29, 0.717) is 0 Å². The Morgan fingerprint density at radius 1 is 0.812 bits per heavy atom. The molecule has 0 aliphatic rings. The molecular weight excluding hydrogens is 422 g/mol. The highest BCUT2D eigenvalue weighted by Gasteiger charge is 2.04. The summed E-state index contributed by atoms with van der Waals surface area (Å²) >= 11 is 4.24. The molecule has 0 unspecified atom stereocenters. The second-order valence-electron chi connectivity index (χ2n) is 4.13. The first-order valence-corrected chi connectivity index (χ1v) is 12.2. The van der Waals surface area contributed by atoms with Gasteiger partial charge in [0.1, 0.15) is 0 Å². The van der Waals surface area contributed by atoms with Gasteiger partial charge in [-0.25, -0.2) is 0 Å². The highest BCUT2D eigenvalue weighted by atomic mass is 128. The zero-order chi connectivity index (χ0) is 12.6. The van der Waals surface area contributed by atoms with E-state index in [1.54, 1.807) is 0 Å². The maximum Gasteiger partial charge on any atom is 0 e. The van der Waals surface area contributed by atoms with E-state index in [1.807, 2.05) is 0 Å². The van der Waals surface area contributed by atoms with Gasteiger partial charge in [-0.15, -0.1) is 0 Å². The molecule has 0 saturated carbocycles. The molecule has 0 atom stereocenters. The molecule has 1 aromatic carbocycles. The Bertz CT molecular complexity index is 275. The summed E-state index contributed by atoms with van der Waals surface area (Å²) in [4.78, 5) is 0. The van der Waals surface area contributed by atoms with Gasteiger partial charge in [-0.05, 0) is 48.9 Å². The van der Waals surface area contributed by atoms with E-state index in [0.717, 1.165) is 0 Å². The van der Waals surface area contributed by atoms with E-state index in [9.17, 15) is 0 Å². The van der Waals surface area contributed by atoms with Crippen molar-refractivity contribution in [3.8, 4) is 0 Å². The van der Waals surface area contributed by atoms with Crippen molar-refractivity contribution in [2.45, 2.75) is 53.4 Å². The summed E-state index contributed by atoms with van der Waals surface area (Å²) in [7, 11) is 0. The van der Waals surface area contributed by atoms with Gasteiger partial charge in [0.15, 0.2) is 0 Å². The first-order chi connectivity index (χ1) is 7.70. The molecule has 0 heterocycles. The SMILES string of the molecule is CCCc1ccc(CCC)c(C)c1C.II. The first-order valence-electron chi connectivity index (χ1n) is 5.92. The first kappa shape index (κ1) is 16.7. The average molecular weight is 444 g/mol. The van der Waals surface area contributed by atoms with Crippen molar-refractivity contribution in [2.24, 2.45) is 0 Å². The molecule has 0 N–H and O–H groups in total. The molecule has 0 nitrogen and oxygen atoms in total. The molecule has 0 amide bonds. The number of hydrogen-bond donors (Lipinski definition) is 0. The van der Waals surface area contributed by atoms with Crippen LogP contribution in [0.2, 0.25) is 0 Å². The molecule has 92 valence electrons. The molecule has 0 saturated heterocycles. The Hall–Kier alpha value is 0.680. The molecule has 0 aliphatic carbocycles. The highest BCUT2D eigenvalue weighted by Crippen LogP contribution is 2.20. The Balaban J connectivity index is 0.00000106. The van der Waals surface area contributed by atoms with E-state index in [1.165, 1.54) is 47.9 Å². The van der Waals surface area contributed by atoms with Crippen molar-refractivity contribution in [3.63, 3.8) is 0 Å². The Labute approximate surface area is 124 Å². The molecule has 16 heavy (non-hydrogen) atoms. The summed E-state index contributed by atoms with van der Waals surface area (Å²) in [5.41, 5.74) is 6.09. The predicted octanol–water partition coefficient (Wildman–Crippen LogP) is 5.98. The topological polar surface area (TPSA) is 0 Å². The molecule has 0 bridgehead atoms. The van der Waals surface area contributed by atoms with Crippen LogP contribution in [0.3, 0.4) is 0 Å². The minimum absolute atomic E-state index is 1.22. The van der Waals surface area contributed by atoms with E-state index < -0.39 is 0 Å². The smallest absolute Gasteiger partial charge is 0 e. The maximum absolute atomic E-state index is 2.32. The molecule has 0 aliphatic heterocycles. The van der Waals surface area contributed by atoms with E-state index in [2.05, 4.69) is 77.1 Å². The van der Waals surface area contributed by atoms with E-state index in [4.69, 9.17) is 0 Å². The van der Waals surface area contributed by atoms with Crippen LogP contribution < -0.4 is 0 Å². The lowest BCUT2D eigenvalue weighted by molar-refractivity contribution is 0.885. The number of rotatable bonds is 4. The van der Waals surface area contributed by atoms with Crippen molar-refractivity contribution in [1.29, 1.82) is 0 Å². The van der Waals surface area contributed by atoms with Crippen molar-refractivity contribution >= 4 is 37.2 Å². The molecule has 0 aromatic heterocycles. The Kier molecular flexibility index (Phi) is 10.1. The number of benzene rings is 1. The van der Waals surface area contributed by atoms with Crippen LogP contribution >= 0.6 is 37.2 Å². The second-order valence-corrected chi connectivity index (χ2v) is 4.13. The third kappa shape index (κ3) is 4.90. The van der Waals surface area contributed by atoms with Gasteiger partial charge >= 0.3 is 0 Å². The summed E-state index contributed by atoms with van der Waals surface area (Å²) in [6, 6.07) is 4.63. The maximum atomic E-state index is 2.32. The van der Waals surface area contributed by atoms with Gasteiger partial charge in [0, 0.05) is 37.2 Å². The lowest BCUT2D eigenvalue weighted by atomic mass is 9.94. The van der Waals surface area contributed by atoms with Crippen LogP contribution in [-0.4, -0.2) is 0 Å². The summed E-state index contributed by atoms with van der Waals surface area (Å²) in [5, 5.41) is 0. The molecule has 0 fully saturated rings. The van der Waals surface area contributed by atoms with Crippen LogP contribution in [0, 0.1) is 13.8 Å². The van der Waals surface area contributed by atoms with Gasteiger partial charge < -0.3 is 0 Å². The van der Waals surface area contributed by atoms with Crippen LogP contribution in [0.5, 0.6) is 0 Å². The monoisotopic (exact) mass is 444 g/mol. The lowest BCUT2D eigenvalue weighted by Gasteiger charge is -2.12. The fraction of sp³-hybridized carbons (Fsp3) is 0.571. The molecule has 1 rings (SSSR count). The van der Waals surface area contributed by atoms with Crippen molar-refractivity contribution in [2.75, 3.05) is 0 Å². The lowest BCUT2D eigenvalue weighted by Crippen LogP contribution is -1.97. The third-order valence-corrected chi connectivity index (χ3v) is 3.05. The van der Waals surface area contributed by atoms with Crippen LogP contribution in [0.15, 0.2) is 12.1 Å². The van der Waals surface area contributed by atoms with Crippen LogP contribution in [0.25, 0.3) is 0 Å². The fourth-order valence-electron chi connectivity index (χ4n) is 2.01. The number of hydrogen-bond acceptors (Lipinski definition) is 0. The quantitative estimate of drug-likeness (QED) is 0.502. The van der Waals surface area contributed by atoms with Gasteiger partial charge in [0.05, 0.1) is 0 Å². The van der Waals surface area contributed by atoms with Crippen LogP contribution in [0.4, 0.5) is 0 Å². The fourth-order valence-corrected chi connectivity index (χ4v) is 2.01. The van der Waals surface area contributed by atoms with E-state index >= 15 is 0 Å². The number of halogens is 2. The summed E-state index contributed by atoms with van der Waals surface area (Å²) in [6.45, 7) is 9.02. The van der Waals surface area contributed by atoms with Crippen molar-refractivity contribution in [1.82, 2.24) is 0 Å². The summed E-state index contributed by atoms with van der Waals surface area (Å²) in [5.74, 6) is 0. The zero-order valence-electron chi connectivity index (χ0n) is 10.7. The van der Waals surface area contributed by atoms with Gasteiger partial charge in [0.2, 0.25) is 0 Å². The molecule has 0 radical (unpaired) electrons. The van der Waals surface area contributed by atoms with Gasteiger partial charge in [-0.3, -0.25) is 0 Å². The van der Waals surface area contributed by atoms with Gasteiger partial charge in [-0.1, -0.05) is 38.8 Å². The van der Waals surface area contributed by atoms with E-state index in [-0.39, 0.29) is 0 Å². The molecule has 2 heteroatoms. The van der Waals surface area contributed by atoms with Gasteiger partial charge in [-0.2, -0.15) is 0 Å². The minimum atomic E-state index is 1.22. The standard InChI is InChI=1S/C14H22.I2/c1-5-7-13-9-10-14(8-6-2)12(4)11(13)3;1-2/h9-10H,5-8H2,1-4H3;. The largest absolute Gasteiger partial charge is 0.0651 e. The second kappa shape index (κ2) is 9.68. The summed E-state index contributed by atoms with van der Waals surface area (Å²) in [6.07, 6.45) is 4.93. The molecule has 1 aromatic rings. The third-order valence-electron chi connectivity index (χ3n) is 3.05. The normalized spacial score (nSPS) is 9.62. The average Bonchev–Trinajstić information content (AvgIpc) is 2.32. The molecule has 0 spiro atoms. The van der Waals surface area contributed by atoms with Crippen molar-refractivity contribution < 1.29 is 0 Å². The minimum Gasteiger partial charge on any atom is -0.0651 e. The van der Waals surface area contributed by atoms with Crippen LogP contribution in [-0.2, 0) is 12.8 Å².